The van der Waals surface area contributed by atoms with E-state index in [9.17, 15) is 9.18 Å². The van der Waals surface area contributed by atoms with Gasteiger partial charge in [-0.05, 0) is 24.6 Å². The van der Waals surface area contributed by atoms with Gasteiger partial charge in [-0.25, -0.2) is 4.39 Å². The second-order valence-corrected chi connectivity index (χ2v) is 4.02. The first-order chi connectivity index (χ1) is 8.63. The van der Waals surface area contributed by atoms with Crippen molar-refractivity contribution in [3.05, 3.63) is 35.6 Å². The minimum atomic E-state index is -0.329. The third kappa shape index (κ3) is 5.25. The van der Waals surface area contributed by atoms with Crippen LogP contribution in [0.2, 0.25) is 0 Å². The molecule has 0 aliphatic rings. The van der Waals surface area contributed by atoms with E-state index in [2.05, 4.69) is 10.6 Å². The lowest BCUT2D eigenvalue weighted by atomic mass is 10.2. The van der Waals surface area contributed by atoms with Gasteiger partial charge in [0.15, 0.2) is 0 Å². The molecule has 5 heteroatoms. The van der Waals surface area contributed by atoms with Crippen molar-refractivity contribution in [3.8, 4) is 0 Å². The minimum absolute atomic E-state index is 0.0940. The Morgan fingerprint density at radius 1 is 1.50 bits per heavy atom. The summed E-state index contributed by atoms with van der Waals surface area (Å²) in [7, 11) is 1.58. The molecule has 1 aromatic rings. The first-order valence-electron chi connectivity index (χ1n) is 5.88. The number of amides is 1. The molecule has 0 aliphatic heterocycles. The second-order valence-electron chi connectivity index (χ2n) is 4.02. The molecular weight excluding hydrogens is 235 g/mol. The first-order valence-corrected chi connectivity index (χ1v) is 5.88. The molecule has 0 aliphatic carbocycles. The van der Waals surface area contributed by atoms with Gasteiger partial charge >= 0.3 is 0 Å². The van der Waals surface area contributed by atoms with E-state index in [-0.39, 0.29) is 17.8 Å². The van der Waals surface area contributed by atoms with Crippen LogP contribution in [-0.4, -0.2) is 32.2 Å². The highest BCUT2D eigenvalue weighted by Gasteiger charge is 2.11. The molecule has 1 aromatic carbocycles. The Balaban J connectivity index is 2.32. The highest BCUT2D eigenvalue weighted by molar-refractivity contribution is 5.81. The maximum atomic E-state index is 12.9. The fraction of sp³-hybridized carbons (Fsp3) is 0.462. The van der Waals surface area contributed by atoms with Gasteiger partial charge in [0.25, 0.3) is 0 Å². The van der Waals surface area contributed by atoms with E-state index >= 15 is 0 Å². The molecule has 0 heterocycles. The Kier molecular flexibility index (Phi) is 6.32. The molecule has 0 bridgehead atoms. The number of hydrogen-bond acceptors (Lipinski definition) is 3. The Morgan fingerprint density at radius 3 is 2.94 bits per heavy atom. The third-order valence-corrected chi connectivity index (χ3v) is 2.50. The minimum Gasteiger partial charge on any atom is -0.383 e. The van der Waals surface area contributed by atoms with Crippen LogP contribution in [0.1, 0.15) is 12.5 Å². The monoisotopic (exact) mass is 254 g/mol. The smallest absolute Gasteiger partial charge is 0.236 e. The van der Waals surface area contributed by atoms with E-state index in [0.717, 1.165) is 5.56 Å². The SMILES string of the molecule is COCCNC(=O)C(C)NCc1cccc(F)c1. The largest absolute Gasteiger partial charge is 0.383 e. The summed E-state index contributed by atoms with van der Waals surface area (Å²) < 4.78 is 17.8. The van der Waals surface area contributed by atoms with E-state index in [1.54, 1.807) is 20.1 Å². The van der Waals surface area contributed by atoms with Crippen LogP contribution in [0.25, 0.3) is 0 Å². The normalized spacial score (nSPS) is 12.2. The lowest BCUT2D eigenvalue weighted by Crippen LogP contribution is -2.42. The predicted molar refractivity (Wildman–Crippen MR) is 67.6 cm³/mol. The summed E-state index contributed by atoms with van der Waals surface area (Å²) in [6.45, 7) is 3.20. The Bertz CT molecular complexity index is 385. The Hall–Kier alpha value is -1.46. The predicted octanol–water partition coefficient (Wildman–Crippen LogP) is 1.07. The van der Waals surface area contributed by atoms with E-state index in [1.165, 1.54) is 12.1 Å². The average molecular weight is 254 g/mol. The second kappa shape index (κ2) is 7.79. The van der Waals surface area contributed by atoms with Crippen molar-refractivity contribution < 1.29 is 13.9 Å². The van der Waals surface area contributed by atoms with Crippen molar-refractivity contribution in [2.45, 2.75) is 19.5 Å². The van der Waals surface area contributed by atoms with Crippen LogP contribution in [0.15, 0.2) is 24.3 Å². The fourth-order valence-electron chi connectivity index (χ4n) is 1.44. The van der Waals surface area contributed by atoms with Crippen molar-refractivity contribution in [3.63, 3.8) is 0 Å². The molecule has 18 heavy (non-hydrogen) atoms. The summed E-state index contributed by atoms with van der Waals surface area (Å²) in [5.41, 5.74) is 0.812. The van der Waals surface area contributed by atoms with Crippen molar-refractivity contribution in [1.82, 2.24) is 10.6 Å². The zero-order chi connectivity index (χ0) is 13.4. The van der Waals surface area contributed by atoms with Crippen LogP contribution in [0.4, 0.5) is 4.39 Å². The summed E-state index contributed by atoms with van der Waals surface area (Å²) in [6, 6.07) is 5.97. The average Bonchev–Trinajstić information content (AvgIpc) is 2.36. The molecular formula is C13H19FN2O2. The molecule has 1 unspecified atom stereocenters. The number of rotatable bonds is 7. The molecule has 0 fully saturated rings. The van der Waals surface area contributed by atoms with Gasteiger partial charge in [0.2, 0.25) is 5.91 Å². The summed E-state index contributed by atoms with van der Waals surface area (Å²) in [6.07, 6.45) is 0. The van der Waals surface area contributed by atoms with Crippen molar-refractivity contribution in [2.24, 2.45) is 0 Å². The van der Waals surface area contributed by atoms with Gasteiger partial charge in [-0.3, -0.25) is 4.79 Å². The number of halogens is 1. The molecule has 0 saturated heterocycles. The molecule has 0 aromatic heterocycles. The lowest BCUT2D eigenvalue weighted by molar-refractivity contribution is -0.122. The Labute approximate surface area is 107 Å². The number of hydrogen-bond donors (Lipinski definition) is 2. The number of ether oxygens (including phenoxy) is 1. The van der Waals surface area contributed by atoms with Crippen molar-refractivity contribution in [1.29, 1.82) is 0 Å². The van der Waals surface area contributed by atoms with Crippen LogP contribution in [0, 0.1) is 5.82 Å². The quantitative estimate of drug-likeness (QED) is 0.716. The Morgan fingerprint density at radius 2 is 2.28 bits per heavy atom. The van der Waals surface area contributed by atoms with E-state index in [1.807, 2.05) is 6.07 Å². The fourth-order valence-corrected chi connectivity index (χ4v) is 1.44. The van der Waals surface area contributed by atoms with Crippen LogP contribution in [-0.2, 0) is 16.1 Å². The number of carbonyl (C=O) groups is 1. The third-order valence-electron chi connectivity index (χ3n) is 2.50. The van der Waals surface area contributed by atoms with Gasteiger partial charge < -0.3 is 15.4 Å². The molecule has 4 nitrogen and oxygen atoms in total. The van der Waals surface area contributed by atoms with Crippen LogP contribution < -0.4 is 10.6 Å². The highest BCUT2D eigenvalue weighted by Crippen LogP contribution is 2.03. The van der Waals surface area contributed by atoms with Gasteiger partial charge in [-0.15, -0.1) is 0 Å². The highest BCUT2D eigenvalue weighted by atomic mass is 19.1. The van der Waals surface area contributed by atoms with Crippen LogP contribution >= 0.6 is 0 Å². The zero-order valence-corrected chi connectivity index (χ0v) is 10.7. The van der Waals surface area contributed by atoms with Gasteiger partial charge in [-0.2, -0.15) is 0 Å². The maximum absolute atomic E-state index is 12.9. The summed E-state index contributed by atoms with van der Waals surface area (Å²) in [5.74, 6) is -0.366. The molecule has 1 amide bonds. The van der Waals surface area contributed by atoms with Gasteiger partial charge in [0, 0.05) is 20.2 Å². The molecule has 1 rings (SSSR count). The van der Waals surface area contributed by atoms with Crippen molar-refractivity contribution >= 4 is 5.91 Å². The lowest BCUT2D eigenvalue weighted by Gasteiger charge is -2.14. The summed E-state index contributed by atoms with van der Waals surface area (Å²) in [5, 5.41) is 5.76. The number of carbonyl (C=O) groups excluding carboxylic acids is 1. The molecule has 0 radical (unpaired) electrons. The number of nitrogens with one attached hydrogen (secondary N) is 2. The molecule has 1 atom stereocenters. The molecule has 0 spiro atoms. The summed E-state index contributed by atoms with van der Waals surface area (Å²) in [4.78, 5) is 11.6. The van der Waals surface area contributed by atoms with E-state index in [4.69, 9.17) is 4.74 Å². The molecule has 0 saturated carbocycles. The van der Waals surface area contributed by atoms with Crippen molar-refractivity contribution in [2.75, 3.05) is 20.3 Å². The van der Waals surface area contributed by atoms with Gasteiger partial charge in [0.05, 0.1) is 12.6 Å². The van der Waals surface area contributed by atoms with E-state index in [0.29, 0.717) is 19.7 Å². The topological polar surface area (TPSA) is 50.4 Å². The molecule has 2 N–H and O–H groups in total. The number of benzene rings is 1. The molecule has 100 valence electrons. The van der Waals surface area contributed by atoms with E-state index < -0.39 is 0 Å². The van der Waals surface area contributed by atoms with Crippen LogP contribution in [0.5, 0.6) is 0 Å². The first kappa shape index (κ1) is 14.6. The van der Waals surface area contributed by atoms with Gasteiger partial charge in [0.1, 0.15) is 5.82 Å². The standard InChI is InChI=1S/C13H19FN2O2/c1-10(13(17)15-6-7-18-2)16-9-11-4-3-5-12(14)8-11/h3-5,8,10,16H,6-7,9H2,1-2H3,(H,15,17). The zero-order valence-electron chi connectivity index (χ0n) is 10.7. The summed E-state index contributed by atoms with van der Waals surface area (Å²) >= 11 is 0. The number of methoxy groups -OCH3 is 1. The maximum Gasteiger partial charge on any atom is 0.236 e. The van der Waals surface area contributed by atoms with Crippen LogP contribution in [0.3, 0.4) is 0 Å². The van der Waals surface area contributed by atoms with Gasteiger partial charge in [-0.1, -0.05) is 12.1 Å².